The first kappa shape index (κ1) is 42.0. The predicted molar refractivity (Wildman–Crippen MR) is 420 cm³/mol. The summed E-state index contributed by atoms with van der Waals surface area (Å²) in [7, 11) is 0. The molecule has 0 heteroatoms. The van der Waals surface area contributed by atoms with Gasteiger partial charge in [-0.05, 0) is 744 Å². The highest BCUT2D eigenvalue weighted by molar-refractivity contribution is 6.92. The Morgan fingerprint density at radius 3 is 0.977 bits per heavy atom. The molecule has 594 valence electrons. The van der Waals surface area contributed by atoms with E-state index in [0.29, 0.717) is 0 Å². The van der Waals surface area contributed by atoms with Crippen LogP contribution in [-0.4, -0.2) is 0 Å². The minimum absolute atomic E-state index is 1.01. The van der Waals surface area contributed by atoms with Crippen LogP contribution in [0.25, 0.3) is 0 Å². The van der Waals surface area contributed by atoms with E-state index in [1.165, 1.54) is 272 Å². The molecule has 0 aliphatic heterocycles. The maximum Gasteiger partial charge on any atom is -0.0000127 e. The third kappa shape index (κ3) is 0.795. The van der Waals surface area contributed by atoms with E-state index < -0.39 is 0 Å². The molecule has 125 unspecified atom stereocenters. The van der Waals surface area contributed by atoms with Crippen LogP contribution in [0, 0.1) is 700 Å². The summed E-state index contributed by atoms with van der Waals surface area (Å²) in [5.41, 5.74) is 89.6. The minimum Gasteiger partial charge on any atom is -0.0616 e. The van der Waals surface area contributed by atoms with E-state index in [1.807, 2.05) is 32.1 Å². The normalized spacial score (nSPS) is 153. The van der Waals surface area contributed by atoms with Gasteiger partial charge in [0.1, 0.15) is 0 Å². The summed E-state index contributed by atoms with van der Waals surface area (Å²) in [6.07, 6.45) is 13.9. The van der Waals surface area contributed by atoms with E-state index in [4.69, 9.17) is 0 Å². The van der Waals surface area contributed by atoms with Gasteiger partial charge in [0.2, 0.25) is 0 Å². The molecule has 103 saturated carbocycles. The lowest BCUT2D eigenvalue weighted by Gasteiger charge is -3.81. The van der Waals surface area contributed by atoms with E-state index in [9.17, 15) is 0 Å². The van der Waals surface area contributed by atoms with Crippen molar-refractivity contribution < 1.29 is 0 Å². The summed E-state index contributed by atoms with van der Waals surface area (Å²) >= 11 is 0. The summed E-state index contributed by atoms with van der Waals surface area (Å²) < 4.78 is 0. The second-order valence-electron chi connectivity index (χ2n) is 89.6. The molecule has 0 radical (unpaired) electrons. The van der Waals surface area contributed by atoms with Crippen molar-refractivity contribution in [2.75, 3.05) is 0 Å². The van der Waals surface area contributed by atoms with Gasteiger partial charge >= 0.3 is 0 Å². The number of hydrogen-bond acceptors (Lipinski definition) is 0. The molecule has 0 amide bonds. The van der Waals surface area contributed by atoms with Crippen molar-refractivity contribution in [1.82, 2.24) is 0 Å². The van der Waals surface area contributed by atoms with Gasteiger partial charge in [-0.25, -0.2) is 0 Å². The van der Waals surface area contributed by atoms with Crippen LogP contribution in [0.5, 0.6) is 0 Å². The highest BCUT2D eigenvalue weighted by atomic mass is 15.9. The molecule has 125 atom stereocenters. The molecule has 0 aromatic carbocycles. The molecule has 0 saturated heterocycles. The quantitative estimate of drug-likeness (QED) is 0.227. The maximum absolute atomic E-state index is 3.34. The van der Waals surface area contributed by atoms with Gasteiger partial charge in [-0.15, -0.1) is 0 Å². The Labute approximate surface area is 745 Å². The van der Waals surface area contributed by atoms with Crippen molar-refractivity contribution in [3.05, 3.63) is 206 Å². The Morgan fingerprint density at radius 2 is 0.481 bits per heavy atom. The van der Waals surface area contributed by atoms with Crippen LogP contribution in [-0.2, 0) is 0 Å². The van der Waals surface area contributed by atoms with Crippen LogP contribution in [0.15, 0.2) is 0 Å². The van der Waals surface area contributed by atoms with E-state index in [-0.39, 0.29) is 0 Å². The van der Waals surface area contributed by atoms with Gasteiger partial charge in [0.15, 0.2) is 0 Å². The van der Waals surface area contributed by atoms with Crippen molar-refractivity contribution in [2.24, 2.45) is 494 Å². The van der Waals surface area contributed by atoms with Crippen molar-refractivity contribution in [1.29, 1.82) is 0 Å². The summed E-state index contributed by atoms with van der Waals surface area (Å²) in [5, 5.41) is 0. The van der Waals surface area contributed by atoms with Gasteiger partial charge in [-0.3, -0.25) is 0 Å². The molecule has 80 spiro atoms. The Kier molecular flexibility index (Phi) is 1.85. The lowest BCUT2D eigenvalue weighted by molar-refractivity contribution is -1.11. The first-order chi connectivity index (χ1) is 66.1. The van der Waals surface area contributed by atoms with Crippen molar-refractivity contribution in [3.63, 3.8) is 0 Å². The van der Waals surface area contributed by atoms with Gasteiger partial charge in [-0.2, -0.15) is 0 Å². The Hall–Kier alpha value is 0. The predicted octanol–water partition coefficient (Wildman–Crippen LogP) is 11.9. The highest BCUT2D eigenvalue weighted by Gasteiger charge is 3.89. The van der Waals surface area contributed by atoms with Crippen LogP contribution in [0.1, 0.15) is 51.9 Å². The molecule has 133 heavy (non-hydrogen) atoms. The fourth-order valence-corrected chi connectivity index (χ4v) is 164. The topological polar surface area (TPSA) is 0 Å². The largest absolute Gasteiger partial charge is 0.0616 e. The lowest BCUT2D eigenvalue weighted by Crippen LogP contribution is -3.76. The minimum atomic E-state index is 1.01. The van der Waals surface area contributed by atoms with Gasteiger partial charge in [0, 0.05) is 0 Å². The Balaban J connectivity index is 0.493. The second kappa shape index (κ2) is 5.86. The molecule has 103 fully saturated rings. The summed E-state index contributed by atoms with van der Waals surface area (Å²) in [6.45, 7) is 3.34. The van der Waals surface area contributed by atoms with E-state index in [2.05, 4.69) is 19.8 Å². The van der Waals surface area contributed by atoms with Crippen LogP contribution in [0.4, 0.5) is 0 Å². The first-order valence-electron chi connectivity index (χ1n) is 66.1. The van der Waals surface area contributed by atoms with Crippen LogP contribution in [0.3, 0.4) is 0 Å². The zero-order chi connectivity index (χ0) is 71.9. The van der Waals surface area contributed by atoms with Crippen LogP contribution >= 0.6 is 0 Å². The number of rotatable bonds is 0. The van der Waals surface area contributed by atoms with Gasteiger partial charge in [0.25, 0.3) is 0 Å². The molecular formula is C133H62. The molecule has 0 bridgehead atoms. The molecule has 0 nitrogen and oxygen atoms in total. The Morgan fingerprint density at radius 1 is 0.158 bits per heavy atom. The fraction of sp³-hybridized carbons (Fsp3) is 1.00. The molecular weight excluding hydrogens is 1600 g/mol. The zero-order valence-electron chi connectivity index (χ0n) is 71.9. The first-order valence-corrected chi connectivity index (χ1v) is 66.1. The highest BCUT2D eigenvalue weighted by Crippen LogP contribution is 3.94. The standard InChI is InChI=1S/C133H62/c1-9-17-28-30-19-11-4-12-20-31-35-39-43-42-38-34-27-26-29-22-14-6-54-5-13-18-10-2-3-55(10)53-64(18)59(13)52(54)99-65(14,54)75(22)70(29)62(26)49-45-44-48-60-24(21-16-8-57(55)67(16)69(21,60)94(48)90(44)91(45)95(49,70)103(75,99)108(91)100(59,99)101(64)98(53,57)102(67,94)109(90,101)108)25-33-37-41-40-36-32-23-15-7-56(9)66(15)76(23)82(32)86(36)87(40)83(41)78(37)71(33)61(25,60)50-46-47-51-63(27,62)72(34)79(38)84(42)88(43)89(39)85(35)81(31)74(20)58(11,12)73(19)80(30)77(28)68(17,56)104(66)110(76)118(82)122(86)120(87)114(83)106(78)96(50,71)92(46)93(47)97(51,72)107(79)115(84)121(88)123(89)119(85)113(81)105(73,74)112(80)111(77,104)124(110)125(112,113)129(119)128(118,124)132(122)130(120)126(114)116(92,106)117(93,107)127(115,126)131(121,130)133(123,129)132/h9-53H,2-8H2,1H3. The molecule has 0 N–H and O–H groups in total. The molecule has 0 heterocycles. The monoisotopic (exact) mass is 1660 g/mol. The van der Waals surface area contributed by atoms with E-state index in [0.717, 1.165) is 428 Å². The molecule has 103 aliphatic rings. The molecule has 0 aromatic rings. The third-order valence-corrected chi connectivity index (χ3v) is 124. The smallest absolute Gasteiger partial charge is 0.0000127 e. The Bertz CT molecular complexity index is 11200. The van der Waals surface area contributed by atoms with Crippen molar-refractivity contribution in [3.8, 4) is 0 Å². The SMILES string of the molecule is CC1C2C3C4C5C6CC7C8C9C%10C%11C%12C%13C%14C%15C%16C%17C%18C%19C%20CC%21%22CC%23C%24C%25CCC%25%26C%25C%24%27C%23%24C%21C%21%23C%20%22C%19%20C%18%19C%17%18C%17C%22C%28C%29C%30%31C(C%32C%33C%34C%35C%36C%37C%38C%39C%40CC1%41C21C32C43C54C67C85C96C%107C%118C%129C%13%10C%14%11C%15%12C%16%18C%13C%14C%15C%16C%32%30C%33%18C%16%30C%15%16C%14%15C%13%12C%11%12C%15%11C%16%13C%30%14C%34%18C%35%15C%36%16C%37%18C%38%30C%39%32C%40%41C1%33C21C32C45C63C74C85C96C%10%12C%117C%138C%15%14C%169C%18%10C%30%11C%32%33C1%12C23C41C%11%12C%102C98C67C512)C1C2CC%263C24C1%31C%291C%282C%225C%17%19C%20%21C56C%24%23C%275C%253C41C256. The average Bonchev–Trinajstić information content (AvgIpc) is 0.813. The van der Waals surface area contributed by atoms with E-state index in [1.54, 1.807) is 0 Å². The summed E-state index contributed by atoms with van der Waals surface area (Å²) in [6, 6.07) is 0. The lowest BCUT2D eigenvalue weighted by atomic mass is 8.20. The molecule has 0 aromatic heterocycles. The van der Waals surface area contributed by atoms with E-state index >= 15 is 0 Å². The van der Waals surface area contributed by atoms with Crippen LogP contribution in [0.2, 0.25) is 0 Å². The second-order valence-corrected chi connectivity index (χ2v) is 89.6. The summed E-state index contributed by atoms with van der Waals surface area (Å²) in [4.78, 5) is 0. The fourth-order valence-electron chi connectivity index (χ4n) is 164. The number of hydrogen-bond donors (Lipinski definition) is 0. The zero-order valence-corrected chi connectivity index (χ0v) is 71.9. The van der Waals surface area contributed by atoms with Gasteiger partial charge in [-0.1, -0.05) is 6.92 Å². The van der Waals surface area contributed by atoms with Gasteiger partial charge in [0.05, 0.1) is 0 Å². The van der Waals surface area contributed by atoms with Crippen molar-refractivity contribution >= 4 is 0 Å². The summed E-state index contributed by atoms with van der Waals surface area (Å²) in [5.74, 6) is 65.6. The van der Waals surface area contributed by atoms with Gasteiger partial charge < -0.3 is 0 Å². The van der Waals surface area contributed by atoms with Crippen LogP contribution < -0.4 is 0 Å². The number of fused-ring (bicyclic) bond motifs is 30. The average molecular weight is 1660 g/mol. The molecule has 103 rings (SSSR count). The van der Waals surface area contributed by atoms with Crippen molar-refractivity contribution in [2.45, 2.75) is 51.9 Å². The molecule has 103 aliphatic carbocycles. The maximum atomic E-state index is 3.34. The third-order valence-electron chi connectivity index (χ3n) is 124.